The standard InChI is InChI=1S/C17H19N3O4/c1-10-15(11(2)19(3)18-10)16(21)20-9-14(17(22)23-4)24-13-8-6-5-7-12(13)20/h5-8,14H,9H2,1-4H3/t14-/m1/s1. The minimum atomic E-state index is -0.855. The highest BCUT2D eigenvalue weighted by Crippen LogP contribution is 2.34. The van der Waals surface area contributed by atoms with Gasteiger partial charge in [0.1, 0.15) is 5.75 Å². The number of carbonyl (C=O) groups is 2. The Morgan fingerprint density at radius 3 is 2.62 bits per heavy atom. The number of anilines is 1. The van der Waals surface area contributed by atoms with Gasteiger partial charge in [0.2, 0.25) is 6.10 Å². The summed E-state index contributed by atoms with van der Waals surface area (Å²) in [5.74, 6) is -0.239. The van der Waals surface area contributed by atoms with E-state index in [0.717, 1.165) is 5.69 Å². The van der Waals surface area contributed by atoms with Gasteiger partial charge in [-0.2, -0.15) is 5.10 Å². The molecule has 1 aliphatic rings. The van der Waals surface area contributed by atoms with Gasteiger partial charge in [-0.05, 0) is 26.0 Å². The fourth-order valence-corrected chi connectivity index (χ4v) is 2.90. The van der Waals surface area contributed by atoms with E-state index in [1.54, 1.807) is 41.8 Å². The average Bonchev–Trinajstić information content (AvgIpc) is 2.84. The summed E-state index contributed by atoms with van der Waals surface area (Å²) >= 11 is 0. The number of rotatable bonds is 2. The zero-order valence-electron chi connectivity index (χ0n) is 14.1. The van der Waals surface area contributed by atoms with Crippen LogP contribution < -0.4 is 9.64 Å². The van der Waals surface area contributed by atoms with Crippen LogP contribution in [0.2, 0.25) is 0 Å². The molecule has 0 radical (unpaired) electrons. The Morgan fingerprint density at radius 2 is 2.00 bits per heavy atom. The lowest BCUT2D eigenvalue weighted by Gasteiger charge is -2.33. The number of carbonyl (C=O) groups excluding carboxylic acids is 2. The van der Waals surface area contributed by atoms with Gasteiger partial charge in [0, 0.05) is 12.7 Å². The number of aryl methyl sites for hydroxylation is 2. The van der Waals surface area contributed by atoms with Gasteiger partial charge in [-0.25, -0.2) is 4.79 Å². The Kier molecular flexibility index (Phi) is 4.01. The first kappa shape index (κ1) is 16.0. The maximum atomic E-state index is 13.1. The van der Waals surface area contributed by atoms with Gasteiger partial charge in [-0.1, -0.05) is 12.1 Å². The minimum absolute atomic E-state index is 0.0935. The van der Waals surface area contributed by atoms with Crippen LogP contribution >= 0.6 is 0 Å². The highest BCUT2D eigenvalue weighted by atomic mass is 16.6. The molecule has 126 valence electrons. The first-order valence-electron chi connectivity index (χ1n) is 7.59. The third-order valence-electron chi connectivity index (χ3n) is 4.21. The van der Waals surface area contributed by atoms with Crippen LogP contribution in [0.25, 0.3) is 0 Å². The van der Waals surface area contributed by atoms with Crippen molar-refractivity contribution >= 4 is 17.6 Å². The number of esters is 1. The van der Waals surface area contributed by atoms with Crippen molar-refractivity contribution < 1.29 is 19.1 Å². The monoisotopic (exact) mass is 329 g/mol. The van der Waals surface area contributed by atoms with Gasteiger partial charge in [-0.15, -0.1) is 0 Å². The van der Waals surface area contributed by atoms with E-state index in [-0.39, 0.29) is 12.5 Å². The number of amides is 1. The van der Waals surface area contributed by atoms with Crippen molar-refractivity contribution in [3.63, 3.8) is 0 Å². The molecule has 1 aromatic heterocycles. The molecule has 1 amide bonds. The van der Waals surface area contributed by atoms with E-state index in [4.69, 9.17) is 9.47 Å². The maximum absolute atomic E-state index is 13.1. The van der Waals surface area contributed by atoms with Crippen LogP contribution in [0.4, 0.5) is 5.69 Å². The van der Waals surface area contributed by atoms with Crippen molar-refractivity contribution in [1.29, 1.82) is 0 Å². The molecule has 1 aliphatic heterocycles. The summed E-state index contributed by atoms with van der Waals surface area (Å²) in [6, 6.07) is 7.14. The van der Waals surface area contributed by atoms with Crippen LogP contribution in [0.3, 0.4) is 0 Å². The molecule has 0 aliphatic carbocycles. The average molecular weight is 329 g/mol. The number of benzene rings is 1. The van der Waals surface area contributed by atoms with Crippen LogP contribution in [0.5, 0.6) is 5.75 Å². The van der Waals surface area contributed by atoms with Gasteiger partial charge in [0.15, 0.2) is 0 Å². The number of nitrogens with zero attached hydrogens (tertiary/aromatic N) is 3. The minimum Gasteiger partial charge on any atom is -0.475 e. The third kappa shape index (κ3) is 2.51. The zero-order valence-corrected chi connectivity index (χ0v) is 14.1. The van der Waals surface area contributed by atoms with Crippen LogP contribution in [-0.2, 0) is 16.6 Å². The van der Waals surface area contributed by atoms with Gasteiger partial charge in [-0.3, -0.25) is 9.48 Å². The number of hydrogen-bond donors (Lipinski definition) is 0. The van der Waals surface area contributed by atoms with Crippen LogP contribution in [0.15, 0.2) is 24.3 Å². The Labute approximate surface area is 139 Å². The largest absolute Gasteiger partial charge is 0.475 e. The van der Waals surface area contributed by atoms with E-state index < -0.39 is 12.1 Å². The summed E-state index contributed by atoms with van der Waals surface area (Å²) in [5.41, 5.74) is 2.60. The SMILES string of the molecule is COC(=O)[C@H]1CN(C(=O)c2c(C)nn(C)c2C)c2ccccc2O1. The molecule has 24 heavy (non-hydrogen) atoms. The quantitative estimate of drug-likeness (QED) is 0.783. The fourth-order valence-electron chi connectivity index (χ4n) is 2.90. The lowest BCUT2D eigenvalue weighted by Crippen LogP contribution is -2.47. The predicted molar refractivity (Wildman–Crippen MR) is 87.2 cm³/mol. The summed E-state index contributed by atoms with van der Waals surface area (Å²) in [6.07, 6.45) is -0.855. The van der Waals surface area contributed by atoms with E-state index in [9.17, 15) is 9.59 Å². The molecule has 0 saturated carbocycles. The Morgan fingerprint density at radius 1 is 1.29 bits per heavy atom. The second kappa shape index (κ2) is 5.99. The molecule has 1 atom stereocenters. The smallest absolute Gasteiger partial charge is 0.348 e. The van der Waals surface area contributed by atoms with Gasteiger partial charge < -0.3 is 14.4 Å². The Hall–Kier alpha value is -2.83. The van der Waals surface area contributed by atoms with E-state index >= 15 is 0 Å². The number of hydrogen-bond acceptors (Lipinski definition) is 5. The molecular weight excluding hydrogens is 310 g/mol. The summed E-state index contributed by atoms with van der Waals surface area (Å²) in [5, 5.41) is 4.30. The number of para-hydroxylation sites is 2. The van der Waals surface area contributed by atoms with Gasteiger partial charge >= 0.3 is 5.97 Å². The molecule has 7 heteroatoms. The molecule has 0 N–H and O–H groups in total. The van der Waals surface area contributed by atoms with Crippen molar-refractivity contribution in [3.8, 4) is 5.75 Å². The molecule has 0 unspecified atom stereocenters. The van der Waals surface area contributed by atoms with E-state index in [0.29, 0.717) is 22.7 Å². The third-order valence-corrected chi connectivity index (χ3v) is 4.21. The number of aromatic nitrogens is 2. The molecule has 7 nitrogen and oxygen atoms in total. The number of fused-ring (bicyclic) bond motifs is 1. The highest BCUT2D eigenvalue weighted by molar-refractivity contribution is 6.09. The molecule has 1 aromatic carbocycles. The predicted octanol–water partition coefficient (Wildman–Crippen LogP) is 1.62. The second-order valence-corrected chi connectivity index (χ2v) is 5.68. The summed E-state index contributed by atoms with van der Waals surface area (Å²) in [4.78, 5) is 26.6. The van der Waals surface area contributed by atoms with Crippen molar-refractivity contribution in [2.45, 2.75) is 20.0 Å². The molecule has 0 fully saturated rings. The van der Waals surface area contributed by atoms with Gasteiger partial charge in [0.05, 0.1) is 30.6 Å². The Balaban J connectivity index is 2.05. The molecule has 3 rings (SSSR count). The normalized spacial score (nSPS) is 16.3. The first-order valence-corrected chi connectivity index (χ1v) is 7.59. The summed E-state index contributed by atoms with van der Waals surface area (Å²) in [6.45, 7) is 3.73. The number of methoxy groups -OCH3 is 1. The van der Waals surface area contributed by atoms with Crippen LogP contribution in [0, 0.1) is 13.8 Å². The van der Waals surface area contributed by atoms with E-state index in [1.165, 1.54) is 7.11 Å². The summed E-state index contributed by atoms with van der Waals surface area (Å²) < 4.78 is 12.1. The van der Waals surface area contributed by atoms with Crippen LogP contribution in [-0.4, -0.2) is 41.4 Å². The van der Waals surface area contributed by atoms with Crippen LogP contribution in [0.1, 0.15) is 21.7 Å². The lowest BCUT2D eigenvalue weighted by atomic mass is 10.1. The molecule has 2 heterocycles. The topological polar surface area (TPSA) is 73.7 Å². The Bertz CT molecular complexity index is 812. The first-order chi connectivity index (χ1) is 11.4. The molecular formula is C17H19N3O4. The number of ether oxygens (including phenoxy) is 2. The zero-order chi connectivity index (χ0) is 17.4. The van der Waals surface area contributed by atoms with Crippen molar-refractivity contribution in [2.24, 2.45) is 7.05 Å². The fraction of sp³-hybridized carbons (Fsp3) is 0.353. The van der Waals surface area contributed by atoms with E-state index in [2.05, 4.69) is 5.10 Å². The highest BCUT2D eigenvalue weighted by Gasteiger charge is 2.36. The summed E-state index contributed by atoms with van der Waals surface area (Å²) in [7, 11) is 3.09. The van der Waals surface area contributed by atoms with Crippen molar-refractivity contribution in [2.75, 3.05) is 18.6 Å². The maximum Gasteiger partial charge on any atom is 0.348 e. The van der Waals surface area contributed by atoms with Gasteiger partial charge in [0.25, 0.3) is 5.91 Å². The van der Waals surface area contributed by atoms with E-state index in [1.807, 2.05) is 13.0 Å². The van der Waals surface area contributed by atoms with Crippen molar-refractivity contribution in [3.05, 3.63) is 41.2 Å². The van der Waals surface area contributed by atoms with Crippen molar-refractivity contribution in [1.82, 2.24) is 9.78 Å². The lowest BCUT2D eigenvalue weighted by molar-refractivity contribution is -0.148. The molecule has 2 aromatic rings. The second-order valence-electron chi connectivity index (χ2n) is 5.68. The molecule has 0 bridgehead atoms. The molecule has 0 spiro atoms. The molecule has 0 saturated heterocycles.